The van der Waals surface area contributed by atoms with Crippen LogP contribution in [0.15, 0.2) is 42.5 Å². The Bertz CT molecular complexity index is 973. The van der Waals surface area contributed by atoms with Crippen LogP contribution in [-0.4, -0.2) is 41.7 Å². The number of aliphatic hydroxyl groups is 1. The molecular formula is C23H25F2NO5. The molecule has 1 fully saturated rings. The van der Waals surface area contributed by atoms with Crippen LogP contribution in [0.2, 0.25) is 0 Å². The predicted octanol–water partition coefficient (Wildman–Crippen LogP) is 3.65. The molecule has 0 amide bonds. The predicted molar refractivity (Wildman–Crippen MR) is 110 cm³/mol. The minimum Gasteiger partial charge on any atom is -0.456 e. The molecule has 0 saturated carbocycles. The third kappa shape index (κ3) is 5.26. The van der Waals surface area contributed by atoms with Crippen LogP contribution in [0, 0.1) is 17.6 Å². The van der Waals surface area contributed by atoms with Gasteiger partial charge in [-0.1, -0.05) is 12.1 Å². The third-order valence-electron chi connectivity index (χ3n) is 4.91. The molecule has 166 valence electrons. The van der Waals surface area contributed by atoms with E-state index in [2.05, 4.69) is 5.32 Å². The summed E-state index contributed by atoms with van der Waals surface area (Å²) in [5.41, 5.74) is -0.293. The van der Waals surface area contributed by atoms with Gasteiger partial charge in [0.25, 0.3) is 0 Å². The maximum Gasteiger partial charge on any atom is 0.340 e. The Balaban J connectivity index is 2.00. The smallest absolute Gasteiger partial charge is 0.340 e. The summed E-state index contributed by atoms with van der Waals surface area (Å²) >= 11 is 0. The second kappa shape index (κ2) is 9.11. The lowest BCUT2D eigenvalue weighted by Crippen LogP contribution is -2.48. The number of carbonyl (C=O) groups is 2. The first-order valence-electron chi connectivity index (χ1n) is 9.89. The summed E-state index contributed by atoms with van der Waals surface area (Å²) in [7, 11) is 0. The lowest BCUT2D eigenvalue weighted by Gasteiger charge is -2.38. The average molecular weight is 433 g/mol. The fourth-order valence-corrected chi connectivity index (χ4v) is 3.50. The Hall–Kier alpha value is -2.84. The van der Waals surface area contributed by atoms with Gasteiger partial charge in [-0.3, -0.25) is 4.79 Å². The zero-order chi connectivity index (χ0) is 22.8. The van der Waals surface area contributed by atoms with Crippen LogP contribution in [0.3, 0.4) is 0 Å². The molecule has 2 aromatic carbocycles. The molecule has 1 aliphatic heterocycles. The van der Waals surface area contributed by atoms with Crippen LogP contribution in [0.25, 0.3) is 0 Å². The van der Waals surface area contributed by atoms with Crippen LogP contribution in [0.4, 0.5) is 14.5 Å². The summed E-state index contributed by atoms with van der Waals surface area (Å²) in [5, 5.41) is 12.9. The molecule has 0 spiro atoms. The Morgan fingerprint density at radius 2 is 1.94 bits per heavy atom. The van der Waals surface area contributed by atoms with E-state index in [1.807, 2.05) is 0 Å². The van der Waals surface area contributed by atoms with Crippen molar-refractivity contribution in [1.29, 1.82) is 0 Å². The van der Waals surface area contributed by atoms with E-state index < -0.39 is 47.9 Å². The zero-order valence-electron chi connectivity index (χ0n) is 17.5. The molecule has 1 saturated heterocycles. The first kappa shape index (κ1) is 22.8. The molecule has 0 radical (unpaired) electrons. The normalized spacial score (nSPS) is 21.6. The number of ketones is 1. The Morgan fingerprint density at radius 1 is 1.23 bits per heavy atom. The Morgan fingerprint density at radius 3 is 2.61 bits per heavy atom. The van der Waals surface area contributed by atoms with Gasteiger partial charge in [-0.05, 0) is 51.1 Å². The summed E-state index contributed by atoms with van der Waals surface area (Å²) < 4.78 is 39.3. The number of Topliss-reactive ketones (excluding diaryl/α,β-unsaturated/α-hetero) is 1. The van der Waals surface area contributed by atoms with E-state index in [0.29, 0.717) is 5.69 Å². The fraction of sp³-hybridized carbons (Fsp3) is 0.391. The molecule has 31 heavy (non-hydrogen) atoms. The van der Waals surface area contributed by atoms with E-state index in [1.54, 1.807) is 45.0 Å². The van der Waals surface area contributed by atoms with Gasteiger partial charge in [-0.2, -0.15) is 0 Å². The highest BCUT2D eigenvalue weighted by Crippen LogP contribution is 2.35. The van der Waals surface area contributed by atoms with Crippen molar-refractivity contribution in [2.75, 3.05) is 18.5 Å². The standard InChI is InChI=1S/C23H25F2NO5/c1-23(2,3)31-22(29)14-6-4-5-7-18(14)26-20-16(11-27)19(28)12-30-21(20)15-10-13(24)8-9-17(15)25/h4-10,16,20-21,26-27H,11-12H2,1-3H3/t16?,20-,21+/m0/s1. The number of hydrogen-bond acceptors (Lipinski definition) is 6. The van der Waals surface area contributed by atoms with Crippen LogP contribution in [0.1, 0.15) is 42.8 Å². The first-order chi connectivity index (χ1) is 14.6. The largest absolute Gasteiger partial charge is 0.456 e. The summed E-state index contributed by atoms with van der Waals surface area (Å²) in [4.78, 5) is 25.0. The highest BCUT2D eigenvalue weighted by molar-refractivity contribution is 5.96. The van der Waals surface area contributed by atoms with Crippen molar-refractivity contribution in [2.45, 2.75) is 38.5 Å². The van der Waals surface area contributed by atoms with Crippen molar-refractivity contribution >= 4 is 17.4 Å². The van der Waals surface area contributed by atoms with E-state index in [9.17, 15) is 23.5 Å². The Kier molecular flexibility index (Phi) is 6.71. The van der Waals surface area contributed by atoms with Crippen LogP contribution >= 0.6 is 0 Å². The molecule has 1 aliphatic rings. The lowest BCUT2D eigenvalue weighted by molar-refractivity contribution is -0.141. The fourth-order valence-electron chi connectivity index (χ4n) is 3.50. The molecule has 1 unspecified atom stereocenters. The molecule has 6 nitrogen and oxygen atoms in total. The van der Waals surface area contributed by atoms with Gasteiger partial charge in [0, 0.05) is 11.3 Å². The number of benzene rings is 2. The summed E-state index contributed by atoms with van der Waals surface area (Å²) in [6, 6.07) is 8.48. The zero-order valence-corrected chi connectivity index (χ0v) is 17.5. The van der Waals surface area contributed by atoms with Gasteiger partial charge in [0.2, 0.25) is 0 Å². The first-order valence-corrected chi connectivity index (χ1v) is 9.89. The maximum atomic E-state index is 14.5. The van der Waals surface area contributed by atoms with Gasteiger partial charge < -0.3 is 19.9 Å². The number of aliphatic hydroxyl groups excluding tert-OH is 1. The monoisotopic (exact) mass is 433 g/mol. The van der Waals surface area contributed by atoms with Crippen LogP contribution in [0.5, 0.6) is 0 Å². The lowest BCUT2D eigenvalue weighted by atomic mass is 9.85. The van der Waals surface area contributed by atoms with Gasteiger partial charge in [0.1, 0.15) is 29.9 Å². The maximum absolute atomic E-state index is 14.5. The van der Waals surface area contributed by atoms with Crippen molar-refractivity contribution < 1.29 is 33.0 Å². The number of hydrogen-bond donors (Lipinski definition) is 2. The molecule has 0 aromatic heterocycles. The minimum absolute atomic E-state index is 0.0850. The number of carbonyl (C=O) groups excluding carboxylic acids is 2. The number of esters is 1. The number of halogens is 2. The third-order valence-corrected chi connectivity index (χ3v) is 4.91. The minimum atomic E-state index is -1.07. The molecule has 0 bridgehead atoms. The van der Waals surface area contributed by atoms with E-state index in [4.69, 9.17) is 9.47 Å². The molecule has 2 N–H and O–H groups in total. The molecular weight excluding hydrogens is 408 g/mol. The second-order valence-corrected chi connectivity index (χ2v) is 8.37. The molecule has 2 aromatic rings. The van der Waals surface area contributed by atoms with Crippen molar-refractivity contribution in [3.05, 3.63) is 65.2 Å². The summed E-state index contributed by atoms with van der Waals surface area (Å²) in [6.07, 6.45) is -1.07. The van der Waals surface area contributed by atoms with E-state index in [-0.39, 0.29) is 23.5 Å². The number of anilines is 1. The summed E-state index contributed by atoms with van der Waals surface area (Å²) in [5.74, 6) is -3.29. The Labute approximate surface area is 179 Å². The van der Waals surface area contributed by atoms with Gasteiger partial charge >= 0.3 is 5.97 Å². The number of para-hydroxylation sites is 1. The SMILES string of the molecule is CC(C)(C)OC(=O)c1ccccc1N[C@H]1C(CO)C(=O)CO[C@@H]1c1cc(F)ccc1F. The number of ether oxygens (including phenoxy) is 2. The molecule has 1 heterocycles. The second-order valence-electron chi connectivity index (χ2n) is 8.37. The van der Waals surface area contributed by atoms with E-state index in [1.165, 1.54) is 0 Å². The quantitative estimate of drug-likeness (QED) is 0.701. The molecule has 3 rings (SSSR count). The highest BCUT2D eigenvalue weighted by Gasteiger charge is 2.41. The van der Waals surface area contributed by atoms with Gasteiger partial charge in [0.05, 0.1) is 24.1 Å². The van der Waals surface area contributed by atoms with Crippen LogP contribution in [-0.2, 0) is 14.3 Å². The summed E-state index contributed by atoms with van der Waals surface area (Å²) in [6.45, 7) is 4.33. The van der Waals surface area contributed by atoms with Crippen molar-refractivity contribution in [1.82, 2.24) is 0 Å². The van der Waals surface area contributed by atoms with E-state index in [0.717, 1.165) is 18.2 Å². The topological polar surface area (TPSA) is 84.9 Å². The highest BCUT2D eigenvalue weighted by atomic mass is 19.1. The van der Waals surface area contributed by atoms with Crippen molar-refractivity contribution in [2.24, 2.45) is 5.92 Å². The van der Waals surface area contributed by atoms with Gasteiger partial charge in [-0.15, -0.1) is 0 Å². The van der Waals surface area contributed by atoms with E-state index >= 15 is 0 Å². The van der Waals surface area contributed by atoms with Crippen LogP contribution < -0.4 is 5.32 Å². The van der Waals surface area contributed by atoms with Crippen molar-refractivity contribution in [3.63, 3.8) is 0 Å². The van der Waals surface area contributed by atoms with Gasteiger partial charge in [0.15, 0.2) is 5.78 Å². The number of rotatable bonds is 5. The van der Waals surface area contributed by atoms with Crippen molar-refractivity contribution in [3.8, 4) is 0 Å². The van der Waals surface area contributed by atoms with Gasteiger partial charge in [-0.25, -0.2) is 13.6 Å². The molecule has 8 heteroatoms. The average Bonchev–Trinajstić information content (AvgIpc) is 2.69. The molecule has 3 atom stereocenters. The molecule has 0 aliphatic carbocycles. The number of nitrogens with one attached hydrogen (secondary N) is 1.